The van der Waals surface area contributed by atoms with Gasteiger partial charge in [0.15, 0.2) is 0 Å². The molecule has 0 aliphatic heterocycles. The molecule has 1 aromatic heterocycles. The van der Waals surface area contributed by atoms with Crippen molar-refractivity contribution < 1.29 is 4.74 Å². The molecule has 0 atom stereocenters. The van der Waals surface area contributed by atoms with E-state index in [1.807, 2.05) is 54.6 Å². The standard InChI is InChI=1S/C15H12N2O/c1-2-6-12(7-3-1)11-18-15-14-9-5-4-8-13(14)10-16-17-15/h1-10H,11H2. The van der Waals surface area contributed by atoms with Crippen LogP contribution in [0.1, 0.15) is 5.56 Å². The lowest BCUT2D eigenvalue weighted by Gasteiger charge is -2.07. The second-order valence-corrected chi connectivity index (χ2v) is 4.01. The van der Waals surface area contributed by atoms with E-state index < -0.39 is 0 Å². The molecule has 0 amide bonds. The minimum atomic E-state index is 0.503. The largest absolute Gasteiger partial charge is 0.471 e. The molecule has 3 heteroatoms. The lowest BCUT2D eigenvalue weighted by Crippen LogP contribution is -1.98. The summed E-state index contributed by atoms with van der Waals surface area (Å²) in [6.07, 6.45) is 1.74. The zero-order valence-corrected chi connectivity index (χ0v) is 9.78. The van der Waals surface area contributed by atoms with Gasteiger partial charge in [0.25, 0.3) is 0 Å². The summed E-state index contributed by atoms with van der Waals surface area (Å²) in [5.41, 5.74) is 1.12. The Hall–Kier alpha value is -2.42. The number of ether oxygens (including phenoxy) is 1. The van der Waals surface area contributed by atoms with Gasteiger partial charge in [0, 0.05) is 10.8 Å². The number of nitrogens with zero attached hydrogens (tertiary/aromatic N) is 2. The van der Waals surface area contributed by atoms with Gasteiger partial charge in [-0.25, -0.2) is 0 Å². The van der Waals surface area contributed by atoms with Crippen LogP contribution in [0.3, 0.4) is 0 Å². The fourth-order valence-corrected chi connectivity index (χ4v) is 1.83. The molecule has 0 bridgehead atoms. The Morgan fingerprint density at radius 2 is 1.67 bits per heavy atom. The van der Waals surface area contributed by atoms with Gasteiger partial charge in [0.1, 0.15) is 6.61 Å². The monoisotopic (exact) mass is 236 g/mol. The van der Waals surface area contributed by atoms with Gasteiger partial charge < -0.3 is 4.74 Å². The molecule has 88 valence electrons. The average Bonchev–Trinajstić information content (AvgIpc) is 2.46. The third-order valence-electron chi connectivity index (χ3n) is 2.75. The molecule has 0 radical (unpaired) electrons. The molecule has 2 aromatic carbocycles. The van der Waals surface area contributed by atoms with Crippen molar-refractivity contribution in [1.29, 1.82) is 0 Å². The van der Waals surface area contributed by atoms with E-state index in [-0.39, 0.29) is 0 Å². The number of benzene rings is 2. The molecule has 0 aliphatic rings. The van der Waals surface area contributed by atoms with Gasteiger partial charge in [-0.15, -0.1) is 5.10 Å². The first-order valence-electron chi connectivity index (χ1n) is 5.80. The molecule has 3 aromatic rings. The van der Waals surface area contributed by atoms with Crippen LogP contribution in [0.25, 0.3) is 10.8 Å². The second-order valence-electron chi connectivity index (χ2n) is 4.01. The van der Waals surface area contributed by atoms with Crippen molar-refractivity contribution in [2.45, 2.75) is 6.61 Å². The second kappa shape index (κ2) is 4.84. The van der Waals surface area contributed by atoms with E-state index in [1.165, 1.54) is 0 Å². The zero-order valence-electron chi connectivity index (χ0n) is 9.78. The van der Waals surface area contributed by atoms with Crippen molar-refractivity contribution >= 4 is 10.8 Å². The molecule has 18 heavy (non-hydrogen) atoms. The first-order valence-corrected chi connectivity index (χ1v) is 5.80. The van der Waals surface area contributed by atoms with Gasteiger partial charge in [-0.1, -0.05) is 48.5 Å². The van der Waals surface area contributed by atoms with Crippen LogP contribution in [0.2, 0.25) is 0 Å². The highest BCUT2D eigenvalue weighted by Gasteiger charge is 2.03. The van der Waals surface area contributed by atoms with Gasteiger partial charge in [0.05, 0.1) is 6.20 Å². The SMILES string of the molecule is c1ccc(COc2nncc3ccccc23)cc1. The molecule has 3 rings (SSSR count). The van der Waals surface area contributed by atoms with E-state index >= 15 is 0 Å². The number of fused-ring (bicyclic) bond motifs is 1. The third kappa shape index (κ3) is 2.15. The summed E-state index contributed by atoms with van der Waals surface area (Å²) < 4.78 is 5.73. The van der Waals surface area contributed by atoms with Crippen molar-refractivity contribution in [3.05, 3.63) is 66.4 Å². The summed E-state index contributed by atoms with van der Waals surface area (Å²) in [5.74, 6) is 0.581. The van der Waals surface area contributed by atoms with E-state index in [1.54, 1.807) is 6.20 Å². The van der Waals surface area contributed by atoms with Crippen molar-refractivity contribution in [2.75, 3.05) is 0 Å². The number of hydrogen-bond acceptors (Lipinski definition) is 3. The van der Waals surface area contributed by atoms with Crippen LogP contribution in [0.4, 0.5) is 0 Å². The quantitative estimate of drug-likeness (QED) is 0.700. The number of aromatic nitrogens is 2. The third-order valence-corrected chi connectivity index (χ3v) is 2.75. The van der Waals surface area contributed by atoms with Gasteiger partial charge in [0.2, 0.25) is 5.88 Å². The van der Waals surface area contributed by atoms with Gasteiger partial charge in [-0.05, 0) is 11.6 Å². The molecule has 0 unspecified atom stereocenters. The van der Waals surface area contributed by atoms with Gasteiger partial charge in [-0.2, -0.15) is 5.10 Å². The maximum Gasteiger partial charge on any atom is 0.241 e. The highest BCUT2D eigenvalue weighted by molar-refractivity contribution is 5.85. The summed E-state index contributed by atoms with van der Waals surface area (Å²) in [6.45, 7) is 0.503. The summed E-state index contributed by atoms with van der Waals surface area (Å²) in [6, 6.07) is 18.0. The Balaban J connectivity index is 1.87. The molecular weight excluding hydrogens is 224 g/mol. The zero-order chi connectivity index (χ0) is 12.2. The summed E-state index contributed by atoms with van der Waals surface area (Å²) in [5, 5.41) is 10.0. The Kier molecular flexibility index (Phi) is 2.88. The van der Waals surface area contributed by atoms with Gasteiger partial charge in [-0.3, -0.25) is 0 Å². The fraction of sp³-hybridized carbons (Fsp3) is 0.0667. The van der Waals surface area contributed by atoms with Crippen LogP contribution in [-0.4, -0.2) is 10.2 Å². The lowest BCUT2D eigenvalue weighted by atomic mass is 10.2. The first kappa shape index (κ1) is 10.7. The maximum absolute atomic E-state index is 5.73. The van der Waals surface area contributed by atoms with Crippen LogP contribution in [0, 0.1) is 0 Å². The van der Waals surface area contributed by atoms with Crippen LogP contribution in [-0.2, 0) is 6.61 Å². The Bertz CT molecular complexity index is 647. The van der Waals surface area contributed by atoms with E-state index in [2.05, 4.69) is 10.2 Å². The fourth-order valence-electron chi connectivity index (χ4n) is 1.83. The summed E-state index contributed by atoms with van der Waals surface area (Å²) in [4.78, 5) is 0. The van der Waals surface area contributed by atoms with Crippen LogP contribution < -0.4 is 4.74 Å². The van der Waals surface area contributed by atoms with Crippen LogP contribution in [0.5, 0.6) is 5.88 Å². The topological polar surface area (TPSA) is 35.0 Å². The van der Waals surface area contributed by atoms with Crippen molar-refractivity contribution in [3.63, 3.8) is 0 Å². The minimum absolute atomic E-state index is 0.503. The highest BCUT2D eigenvalue weighted by Crippen LogP contribution is 2.21. The van der Waals surface area contributed by atoms with E-state index in [0.717, 1.165) is 16.3 Å². The number of rotatable bonds is 3. The molecule has 0 spiro atoms. The van der Waals surface area contributed by atoms with Crippen molar-refractivity contribution in [3.8, 4) is 5.88 Å². The molecule has 1 heterocycles. The first-order chi connectivity index (χ1) is 8.93. The van der Waals surface area contributed by atoms with Crippen molar-refractivity contribution in [2.24, 2.45) is 0 Å². The van der Waals surface area contributed by atoms with Crippen LogP contribution in [0.15, 0.2) is 60.8 Å². The lowest BCUT2D eigenvalue weighted by molar-refractivity contribution is 0.294. The summed E-state index contributed by atoms with van der Waals surface area (Å²) >= 11 is 0. The average molecular weight is 236 g/mol. The molecule has 0 aliphatic carbocycles. The molecule has 3 nitrogen and oxygen atoms in total. The Morgan fingerprint density at radius 3 is 2.56 bits per heavy atom. The van der Waals surface area contributed by atoms with E-state index in [0.29, 0.717) is 12.5 Å². The summed E-state index contributed by atoms with van der Waals surface area (Å²) in [7, 11) is 0. The minimum Gasteiger partial charge on any atom is -0.471 e. The predicted molar refractivity (Wildman–Crippen MR) is 70.3 cm³/mol. The van der Waals surface area contributed by atoms with E-state index in [4.69, 9.17) is 4.74 Å². The Labute approximate surface area is 105 Å². The maximum atomic E-state index is 5.73. The molecule has 0 saturated carbocycles. The van der Waals surface area contributed by atoms with E-state index in [9.17, 15) is 0 Å². The molecule has 0 fully saturated rings. The van der Waals surface area contributed by atoms with Gasteiger partial charge >= 0.3 is 0 Å². The van der Waals surface area contributed by atoms with Crippen LogP contribution >= 0.6 is 0 Å². The molecule has 0 saturated heterocycles. The van der Waals surface area contributed by atoms with Crippen molar-refractivity contribution in [1.82, 2.24) is 10.2 Å². The molecule has 0 N–H and O–H groups in total. The normalized spacial score (nSPS) is 10.4. The smallest absolute Gasteiger partial charge is 0.241 e. The Morgan fingerprint density at radius 1 is 0.889 bits per heavy atom. The molecular formula is C15H12N2O. The number of hydrogen-bond donors (Lipinski definition) is 0. The predicted octanol–water partition coefficient (Wildman–Crippen LogP) is 3.21. The highest BCUT2D eigenvalue weighted by atomic mass is 16.5.